The first-order chi connectivity index (χ1) is 14.1. The maximum atomic E-state index is 13.2. The van der Waals surface area contributed by atoms with Gasteiger partial charge in [0.25, 0.3) is 0 Å². The Labute approximate surface area is 169 Å². The van der Waals surface area contributed by atoms with Crippen molar-refractivity contribution in [1.82, 2.24) is 4.98 Å². The number of hydrogen-bond donors (Lipinski definition) is 2. The number of anilines is 2. The predicted molar refractivity (Wildman–Crippen MR) is 121 cm³/mol. The van der Waals surface area contributed by atoms with Crippen LogP contribution in [0.2, 0.25) is 0 Å². The molecule has 3 nitrogen and oxygen atoms in total. The van der Waals surface area contributed by atoms with E-state index >= 15 is 0 Å². The summed E-state index contributed by atoms with van der Waals surface area (Å²) in [4.78, 5) is 16.7. The molecule has 1 aliphatic carbocycles. The molecule has 2 heterocycles. The predicted octanol–water partition coefficient (Wildman–Crippen LogP) is 6.34. The molecule has 2 N–H and O–H groups in total. The molecule has 29 heavy (non-hydrogen) atoms. The molecule has 0 radical (unpaired) electrons. The molecule has 0 unspecified atom stereocenters. The summed E-state index contributed by atoms with van der Waals surface area (Å²) in [6.45, 7) is 4.17. The zero-order chi connectivity index (χ0) is 19.7. The van der Waals surface area contributed by atoms with Gasteiger partial charge in [-0.3, -0.25) is 4.79 Å². The van der Waals surface area contributed by atoms with Crippen molar-refractivity contribution in [2.45, 2.75) is 33.1 Å². The van der Waals surface area contributed by atoms with E-state index in [0.29, 0.717) is 0 Å². The highest BCUT2D eigenvalue weighted by atomic mass is 16.1. The highest BCUT2D eigenvalue weighted by Gasteiger charge is 2.26. The second kappa shape index (κ2) is 5.84. The van der Waals surface area contributed by atoms with Gasteiger partial charge in [0.2, 0.25) is 0 Å². The van der Waals surface area contributed by atoms with Crippen LogP contribution < -0.4 is 10.7 Å². The summed E-state index contributed by atoms with van der Waals surface area (Å²) in [5.74, 6) is 0. The first-order valence-corrected chi connectivity index (χ1v) is 10.3. The van der Waals surface area contributed by atoms with Gasteiger partial charge in [0.05, 0.1) is 5.52 Å². The lowest BCUT2D eigenvalue weighted by Gasteiger charge is -2.30. The van der Waals surface area contributed by atoms with Crippen molar-refractivity contribution < 1.29 is 0 Å². The average molecular weight is 378 g/mol. The number of fused-ring (bicyclic) bond motifs is 4. The molecule has 0 saturated heterocycles. The fraction of sp³-hybridized carbons (Fsp3) is 0.192. The summed E-state index contributed by atoms with van der Waals surface area (Å²) in [5.41, 5.74) is 11.8. The van der Waals surface area contributed by atoms with Crippen LogP contribution in [0.15, 0.2) is 58.9 Å². The van der Waals surface area contributed by atoms with Gasteiger partial charge >= 0.3 is 0 Å². The first kappa shape index (κ1) is 16.6. The van der Waals surface area contributed by atoms with Crippen molar-refractivity contribution in [2.75, 3.05) is 5.32 Å². The molecular weight excluding hydrogens is 356 g/mol. The molecule has 4 aromatic rings. The lowest BCUT2D eigenvalue weighted by molar-refractivity contribution is 0.666. The highest BCUT2D eigenvalue weighted by molar-refractivity contribution is 6.04. The van der Waals surface area contributed by atoms with E-state index in [0.717, 1.165) is 51.6 Å². The Morgan fingerprint density at radius 2 is 1.48 bits per heavy atom. The number of rotatable bonds is 0. The van der Waals surface area contributed by atoms with Gasteiger partial charge in [-0.2, -0.15) is 0 Å². The molecular formula is C26H22N2O. The van der Waals surface area contributed by atoms with Crippen LogP contribution in [0.25, 0.3) is 27.4 Å². The molecule has 6 rings (SSSR count). The number of aromatic nitrogens is 1. The monoisotopic (exact) mass is 378 g/mol. The van der Waals surface area contributed by atoms with Gasteiger partial charge < -0.3 is 10.3 Å². The first-order valence-electron chi connectivity index (χ1n) is 10.3. The van der Waals surface area contributed by atoms with E-state index < -0.39 is 0 Å². The van der Waals surface area contributed by atoms with Crippen molar-refractivity contribution in [3.05, 3.63) is 86.6 Å². The quantitative estimate of drug-likeness (QED) is 0.309. The number of H-pyrrole nitrogens is 1. The number of allylic oxidation sites excluding steroid dienone is 1. The summed E-state index contributed by atoms with van der Waals surface area (Å²) in [6.07, 6.45) is 3.58. The van der Waals surface area contributed by atoms with Crippen molar-refractivity contribution >= 4 is 38.8 Å². The zero-order valence-electron chi connectivity index (χ0n) is 16.6. The number of aryl methyl sites for hydroxylation is 2. The molecule has 1 aromatic heterocycles. The van der Waals surface area contributed by atoms with Gasteiger partial charge in [-0.1, -0.05) is 28.8 Å². The summed E-state index contributed by atoms with van der Waals surface area (Å²) < 4.78 is 0. The number of pyridine rings is 1. The molecule has 0 spiro atoms. The minimum Gasteiger partial charge on any atom is -0.354 e. The standard InChI is InChI=1S/C26H22N2O/c1-14-6-8-21-17(10-14)25(16-4-3-5-16)18-12-24-20(13-23(18)27-21)26(29)19-11-15(2)7-9-22(19)28-24/h6-13,27H,3-5H2,1-2H3,(H,28,29). The van der Waals surface area contributed by atoms with Crippen LogP contribution in [0.4, 0.5) is 11.4 Å². The lowest BCUT2D eigenvalue weighted by Crippen LogP contribution is -2.13. The van der Waals surface area contributed by atoms with Gasteiger partial charge in [-0.05, 0) is 75.1 Å². The molecule has 2 aliphatic rings. The molecule has 1 aliphatic heterocycles. The second-order valence-electron chi connectivity index (χ2n) is 8.45. The molecule has 142 valence electrons. The van der Waals surface area contributed by atoms with Crippen LogP contribution >= 0.6 is 0 Å². The Morgan fingerprint density at radius 1 is 0.759 bits per heavy atom. The Bertz CT molecular complexity index is 1430. The van der Waals surface area contributed by atoms with Crippen LogP contribution in [0.5, 0.6) is 0 Å². The van der Waals surface area contributed by atoms with Crippen LogP contribution in [0, 0.1) is 13.8 Å². The van der Waals surface area contributed by atoms with Gasteiger partial charge in [0, 0.05) is 38.8 Å². The van der Waals surface area contributed by atoms with Crippen LogP contribution in [-0.2, 0) is 0 Å². The zero-order valence-corrected chi connectivity index (χ0v) is 16.6. The van der Waals surface area contributed by atoms with Crippen molar-refractivity contribution in [1.29, 1.82) is 0 Å². The number of benzene rings is 3. The summed E-state index contributed by atoms with van der Waals surface area (Å²) in [7, 11) is 0. The second-order valence-corrected chi connectivity index (χ2v) is 8.45. The third kappa shape index (κ3) is 2.40. The maximum Gasteiger partial charge on any atom is 0.197 e. The van der Waals surface area contributed by atoms with Gasteiger partial charge in [0.1, 0.15) is 0 Å². The fourth-order valence-electron chi connectivity index (χ4n) is 4.69. The third-order valence-corrected chi connectivity index (χ3v) is 6.39. The molecule has 0 bridgehead atoms. The highest BCUT2D eigenvalue weighted by Crippen LogP contribution is 2.47. The Hall–Kier alpha value is -3.33. The summed E-state index contributed by atoms with van der Waals surface area (Å²) in [6, 6.07) is 16.8. The van der Waals surface area contributed by atoms with E-state index in [4.69, 9.17) is 0 Å². The minimum absolute atomic E-state index is 0.0922. The van der Waals surface area contributed by atoms with E-state index in [1.807, 2.05) is 31.2 Å². The van der Waals surface area contributed by atoms with E-state index in [-0.39, 0.29) is 5.43 Å². The van der Waals surface area contributed by atoms with Crippen molar-refractivity contribution in [3.8, 4) is 0 Å². The normalized spacial score (nSPS) is 15.1. The minimum atomic E-state index is 0.0922. The van der Waals surface area contributed by atoms with Crippen molar-refractivity contribution in [3.63, 3.8) is 0 Å². The van der Waals surface area contributed by atoms with Crippen LogP contribution in [-0.4, -0.2) is 4.98 Å². The van der Waals surface area contributed by atoms with Gasteiger partial charge in [0.15, 0.2) is 5.43 Å². The van der Waals surface area contributed by atoms with Crippen LogP contribution in [0.3, 0.4) is 0 Å². The van der Waals surface area contributed by atoms with Crippen LogP contribution in [0.1, 0.15) is 41.5 Å². The molecule has 1 fully saturated rings. The molecule has 3 aromatic carbocycles. The van der Waals surface area contributed by atoms with Crippen molar-refractivity contribution in [2.24, 2.45) is 0 Å². The number of aromatic amines is 1. The number of nitrogens with one attached hydrogen (secondary N) is 2. The summed E-state index contributed by atoms with van der Waals surface area (Å²) in [5, 5.41) is 5.08. The number of hydrogen-bond acceptors (Lipinski definition) is 2. The van der Waals surface area contributed by atoms with E-state index in [9.17, 15) is 4.79 Å². The third-order valence-electron chi connectivity index (χ3n) is 6.39. The Morgan fingerprint density at radius 3 is 2.28 bits per heavy atom. The molecule has 0 amide bonds. The SMILES string of the molecule is Cc1ccc2c(c1)C(=C1CCC1)c1cc3[nH]c4ccc(C)cc4c(=O)c3cc1N2. The Balaban J connectivity index is 1.69. The maximum absolute atomic E-state index is 13.2. The fourth-order valence-corrected chi connectivity index (χ4v) is 4.69. The topological polar surface area (TPSA) is 44.9 Å². The van der Waals surface area contributed by atoms with Gasteiger partial charge in [-0.25, -0.2) is 0 Å². The summed E-state index contributed by atoms with van der Waals surface area (Å²) >= 11 is 0. The largest absolute Gasteiger partial charge is 0.354 e. The molecule has 0 atom stereocenters. The van der Waals surface area contributed by atoms with Gasteiger partial charge in [-0.15, -0.1) is 0 Å². The van der Waals surface area contributed by atoms with E-state index in [2.05, 4.69) is 41.5 Å². The lowest BCUT2D eigenvalue weighted by atomic mass is 9.79. The van der Waals surface area contributed by atoms with E-state index in [1.54, 1.807) is 0 Å². The Kier molecular flexibility index (Phi) is 3.34. The van der Waals surface area contributed by atoms with E-state index in [1.165, 1.54) is 34.3 Å². The molecule has 3 heteroatoms. The average Bonchev–Trinajstić information content (AvgIpc) is 2.67. The molecule has 1 saturated carbocycles. The smallest absolute Gasteiger partial charge is 0.197 e.